The third kappa shape index (κ3) is 3.37. The van der Waals surface area contributed by atoms with Crippen molar-refractivity contribution < 1.29 is 0 Å². The molecule has 4 heteroatoms. The molecule has 0 aromatic rings. The number of aliphatic imine (C=N–C) groups is 1. The van der Waals surface area contributed by atoms with E-state index < -0.39 is 0 Å². The van der Waals surface area contributed by atoms with Crippen LogP contribution in [0, 0.1) is 0 Å². The maximum Gasteiger partial charge on any atom is 0.191 e. The summed E-state index contributed by atoms with van der Waals surface area (Å²) in [6, 6.07) is 1.15. The zero-order valence-corrected chi connectivity index (χ0v) is 11.9. The van der Waals surface area contributed by atoms with E-state index in [-0.39, 0.29) is 0 Å². The molecule has 2 N–H and O–H groups in total. The number of guanidine groups is 1. The van der Waals surface area contributed by atoms with E-state index in [0.717, 1.165) is 19.0 Å². The van der Waals surface area contributed by atoms with Gasteiger partial charge in [0.2, 0.25) is 0 Å². The normalized spacial score (nSPS) is 27.0. The van der Waals surface area contributed by atoms with Gasteiger partial charge in [0.05, 0.1) is 6.04 Å². The lowest BCUT2D eigenvalue weighted by atomic mass is 10.2. The van der Waals surface area contributed by atoms with Gasteiger partial charge >= 0.3 is 0 Å². The zero-order chi connectivity index (χ0) is 13.0. The van der Waals surface area contributed by atoms with Gasteiger partial charge in [-0.15, -0.1) is 0 Å². The van der Waals surface area contributed by atoms with Crippen LogP contribution in [0.4, 0.5) is 0 Å². The molecule has 2 aliphatic rings. The molecule has 2 rings (SSSR count). The van der Waals surface area contributed by atoms with Gasteiger partial charge in [-0.2, -0.15) is 0 Å². The third-order valence-electron chi connectivity index (χ3n) is 4.42. The Morgan fingerprint density at radius 3 is 2.67 bits per heavy atom. The van der Waals surface area contributed by atoms with Crippen LogP contribution in [-0.2, 0) is 0 Å². The molecular formula is C14H28N4. The van der Waals surface area contributed by atoms with Gasteiger partial charge in [-0.25, -0.2) is 4.99 Å². The highest BCUT2D eigenvalue weighted by atomic mass is 15.3. The zero-order valence-electron chi connectivity index (χ0n) is 11.9. The Balaban J connectivity index is 1.84. The predicted molar refractivity (Wildman–Crippen MR) is 76.8 cm³/mol. The molecule has 1 atom stereocenters. The molecule has 1 saturated carbocycles. The molecule has 1 aliphatic heterocycles. The lowest BCUT2D eigenvalue weighted by molar-refractivity contribution is 0.234. The molecule has 0 spiro atoms. The van der Waals surface area contributed by atoms with Crippen molar-refractivity contribution in [1.29, 1.82) is 0 Å². The van der Waals surface area contributed by atoms with Gasteiger partial charge in [0.15, 0.2) is 5.96 Å². The van der Waals surface area contributed by atoms with E-state index in [1.165, 1.54) is 45.1 Å². The van der Waals surface area contributed by atoms with Gasteiger partial charge in [-0.05, 0) is 38.8 Å². The fourth-order valence-corrected chi connectivity index (χ4v) is 3.25. The van der Waals surface area contributed by atoms with E-state index in [4.69, 9.17) is 5.73 Å². The van der Waals surface area contributed by atoms with Gasteiger partial charge in [0.25, 0.3) is 0 Å². The van der Waals surface area contributed by atoms with Gasteiger partial charge in [0, 0.05) is 19.6 Å². The van der Waals surface area contributed by atoms with Crippen molar-refractivity contribution in [3.05, 3.63) is 0 Å². The van der Waals surface area contributed by atoms with Gasteiger partial charge < -0.3 is 10.6 Å². The minimum Gasteiger partial charge on any atom is -0.370 e. The molecule has 0 amide bonds. The number of nitrogens with zero attached hydrogens (tertiary/aromatic N) is 3. The van der Waals surface area contributed by atoms with Crippen LogP contribution in [0.15, 0.2) is 4.99 Å². The van der Waals surface area contributed by atoms with Crippen LogP contribution in [0.1, 0.15) is 45.4 Å². The first-order valence-corrected chi connectivity index (χ1v) is 7.49. The van der Waals surface area contributed by atoms with Crippen molar-refractivity contribution in [2.24, 2.45) is 10.7 Å². The molecule has 4 nitrogen and oxygen atoms in total. The summed E-state index contributed by atoms with van der Waals surface area (Å²) in [4.78, 5) is 9.38. The Morgan fingerprint density at radius 2 is 2.00 bits per heavy atom. The quantitative estimate of drug-likeness (QED) is 0.611. The summed E-state index contributed by atoms with van der Waals surface area (Å²) in [5.41, 5.74) is 6.12. The fourth-order valence-electron chi connectivity index (χ4n) is 3.25. The maximum absolute atomic E-state index is 6.12. The predicted octanol–water partition coefficient (Wildman–Crippen LogP) is 1.66. The number of hydrogen-bond acceptors (Lipinski definition) is 2. The average molecular weight is 252 g/mol. The Bertz CT molecular complexity index is 284. The molecular weight excluding hydrogens is 224 g/mol. The first-order valence-electron chi connectivity index (χ1n) is 7.49. The van der Waals surface area contributed by atoms with Crippen LogP contribution in [-0.4, -0.2) is 54.5 Å². The molecule has 0 aromatic carbocycles. The number of hydrogen-bond donors (Lipinski definition) is 1. The summed E-state index contributed by atoms with van der Waals surface area (Å²) >= 11 is 0. The molecule has 0 aromatic heterocycles. The topological polar surface area (TPSA) is 44.9 Å². The number of likely N-dealkylation sites (N-methyl/N-ethyl adjacent to an activating group) is 2. The van der Waals surface area contributed by atoms with Gasteiger partial charge in [0.1, 0.15) is 0 Å². The van der Waals surface area contributed by atoms with Crippen molar-refractivity contribution in [1.82, 2.24) is 9.80 Å². The lowest BCUT2D eigenvalue weighted by Crippen LogP contribution is -2.44. The lowest BCUT2D eigenvalue weighted by Gasteiger charge is -2.28. The number of rotatable bonds is 4. The van der Waals surface area contributed by atoms with Gasteiger partial charge in [-0.1, -0.05) is 19.8 Å². The summed E-state index contributed by atoms with van der Waals surface area (Å²) in [5, 5.41) is 0. The molecule has 1 aliphatic carbocycles. The minimum absolute atomic E-state index is 0.485. The first kappa shape index (κ1) is 13.7. The van der Waals surface area contributed by atoms with E-state index >= 15 is 0 Å². The first-order chi connectivity index (χ1) is 8.70. The molecule has 104 valence electrons. The Labute approximate surface area is 111 Å². The second-order valence-corrected chi connectivity index (χ2v) is 5.73. The summed E-state index contributed by atoms with van der Waals surface area (Å²) in [6.45, 7) is 5.66. The highest BCUT2D eigenvalue weighted by Crippen LogP contribution is 2.21. The maximum atomic E-state index is 6.12. The highest BCUT2D eigenvalue weighted by Gasteiger charge is 2.24. The standard InChI is InChI=1S/C14H28N4/c1-3-18-10-6-9-13(18)11-17(2)14(15)16-12-7-4-5-8-12/h12-13H,3-11H2,1-2H3,(H2,15,16). The summed E-state index contributed by atoms with van der Waals surface area (Å²) < 4.78 is 0. The number of nitrogens with two attached hydrogens (primary N) is 1. The monoisotopic (exact) mass is 252 g/mol. The SMILES string of the molecule is CCN1CCCC1CN(C)C(N)=NC1CCCC1. The van der Waals surface area contributed by atoms with Crippen LogP contribution in [0.3, 0.4) is 0 Å². The second kappa shape index (κ2) is 6.41. The molecule has 0 radical (unpaired) electrons. The summed E-state index contributed by atoms with van der Waals surface area (Å²) in [7, 11) is 2.08. The van der Waals surface area contributed by atoms with Crippen molar-refractivity contribution >= 4 is 5.96 Å². The third-order valence-corrected chi connectivity index (χ3v) is 4.42. The molecule has 1 heterocycles. The molecule has 2 fully saturated rings. The van der Waals surface area contributed by atoms with E-state index in [9.17, 15) is 0 Å². The minimum atomic E-state index is 0.485. The van der Waals surface area contributed by atoms with Crippen LogP contribution >= 0.6 is 0 Å². The Hall–Kier alpha value is -0.770. The van der Waals surface area contributed by atoms with E-state index in [2.05, 4.69) is 28.8 Å². The smallest absolute Gasteiger partial charge is 0.191 e. The summed E-state index contributed by atoms with van der Waals surface area (Å²) in [6.07, 6.45) is 7.70. The second-order valence-electron chi connectivity index (χ2n) is 5.73. The highest BCUT2D eigenvalue weighted by molar-refractivity contribution is 5.78. The van der Waals surface area contributed by atoms with Crippen LogP contribution in [0.2, 0.25) is 0 Å². The average Bonchev–Trinajstić information content (AvgIpc) is 2.99. The summed E-state index contributed by atoms with van der Waals surface area (Å²) in [5.74, 6) is 0.741. The fraction of sp³-hybridized carbons (Fsp3) is 0.929. The molecule has 0 bridgehead atoms. The van der Waals surface area contributed by atoms with Crippen molar-refractivity contribution in [2.75, 3.05) is 26.7 Å². The molecule has 18 heavy (non-hydrogen) atoms. The Kier molecular flexibility index (Phi) is 4.87. The molecule has 1 saturated heterocycles. The van der Waals surface area contributed by atoms with Crippen LogP contribution in [0.25, 0.3) is 0 Å². The van der Waals surface area contributed by atoms with Crippen molar-refractivity contribution in [3.8, 4) is 0 Å². The molecule has 1 unspecified atom stereocenters. The van der Waals surface area contributed by atoms with E-state index in [0.29, 0.717) is 12.1 Å². The van der Waals surface area contributed by atoms with E-state index in [1.807, 2.05) is 0 Å². The van der Waals surface area contributed by atoms with Crippen molar-refractivity contribution in [3.63, 3.8) is 0 Å². The van der Waals surface area contributed by atoms with Gasteiger partial charge in [-0.3, -0.25) is 4.90 Å². The van der Waals surface area contributed by atoms with E-state index in [1.54, 1.807) is 0 Å². The number of likely N-dealkylation sites (tertiary alicyclic amines) is 1. The van der Waals surface area contributed by atoms with Crippen LogP contribution < -0.4 is 5.73 Å². The Morgan fingerprint density at radius 1 is 1.28 bits per heavy atom. The van der Waals surface area contributed by atoms with Crippen LogP contribution in [0.5, 0.6) is 0 Å². The largest absolute Gasteiger partial charge is 0.370 e. The van der Waals surface area contributed by atoms with Crippen molar-refractivity contribution in [2.45, 2.75) is 57.5 Å².